The molecule has 0 bridgehead atoms. The summed E-state index contributed by atoms with van der Waals surface area (Å²) in [5.74, 6) is -0.263. The van der Waals surface area contributed by atoms with E-state index in [9.17, 15) is 9.59 Å². The normalized spacial score (nSPS) is 15.3. The predicted octanol–water partition coefficient (Wildman–Crippen LogP) is 4.27. The first-order chi connectivity index (χ1) is 11.2. The van der Waals surface area contributed by atoms with E-state index in [0.29, 0.717) is 12.0 Å². The molecular formula is C19H28O4. The molecule has 0 aromatic rings. The number of methoxy groups -OCH3 is 2. The maximum atomic E-state index is 12.2. The first-order valence-electron chi connectivity index (χ1n) is 8.42. The summed E-state index contributed by atoms with van der Waals surface area (Å²) in [5.41, 5.74) is 0.440. The molecule has 0 aromatic heterocycles. The highest BCUT2D eigenvalue weighted by Crippen LogP contribution is 2.25. The number of ketones is 2. The van der Waals surface area contributed by atoms with Gasteiger partial charge in [-0.1, -0.05) is 38.3 Å². The third-order valence-corrected chi connectivity index (χ3v) is 3.87. The van der Waals surface area contributed by atoms with Crippen LogP contribution in [0, 0.1) is 0 Å². The minimum Gasteiger partial charge on any atom is -0.493 e. The molecule has 0 heterocycles. The molecule has 0 amide bonds. The zero-order valence-corrected chi connectivity index (χ0v) is 14.5. The fourth-order valence-corrected chi connectivity index (χ4v) is 2.55. The van der Waals surface area contributed by atoms with Gasteiger partial charge in [0, 0.05) is 11.6 Å². The Kier molecular flexibility index (Phi) is 9.03. The van der Waals surface area contributed by atoms with Crippen LogP contribution in [0.25, 0.3) is 0 Å². The SMILES string of the molecule is CCCC/C=C\CCCCCC1=C(OC)C(=O)C=C(OC)C1=O. The minimum absolute atomic E-state index is 0.102. The smallest absolute Gasteiger partial charge is 0.227 e. The Labute approximate surface area is 139 Å². The average Bonchev–Trinajstić information content (AvgIpc) is 2.55. The van der Waals surface area contributed by atoms with Crippen molar-refractivity contribution in [1.82, 2.24) is 0 Å². The number of carbonyl (C=O) groups is 2. The largest absolute Gasteiger partial charge is 0.493 e. The first kappa shape index (κ1) is 19.2. The molecule has 1 aliphatic rings. The van der Waals surface area contributed by atoms with Crippen molar-refractivity contribution in [3.63, 3.8) is 0 Å². The number of hydrogen-bond acceptors (Lipinski definition) is 4. The van der Waals surface area contributed by atoms with Gasteiger partial charge < -0.3 is 9.47 Å². The van der Waals surface area contributed by atoms with Gasteiger partial charge in [0.1, 0.15) is 0 Å². The number of allylic oxidation sites excluding steroid dienone is 4. The van der Waals surface area contributed by atoms with E-state index in [2.05, 4.69) is 19.1 Å². The van der Waals surface area contributed by atoms with Crippen molar-refractivity contribution in [1.29, 1.82) is 0 Å². The van der Waals surface area contributed by atoms with Gasteiger partial charge in [0.15, 0.2) is 11.5 Å². The monoisotopic (exact) mass is 320 g/mol. The molecule has 0 saturated carbocycles. The van der Waals surface area contributed by atoms with E-state index in [0.717, 1.165) is 32.1 Å². The summed E-state index contributed by atoms with van der Waals surface area (Å²) in [4.78, 5) is 24.2. The van der Waals surface area contributed by atoms with Gasteiger partial charge in [0.25, 0.3) is 0 Å². The summed E-state index contributed by atoms with van der Waals surface area (Å²) < 4.78 is 10.1. The average molecular weight is 320 g/mol. The summed E-state index contributed by atoms with van der Waals surface area (Å²) in [5, 5.41) is 0. The number of hydrogen-bond donors (Lipinski definition) is 0. The van der Waals surface area contributed by atoms with E-state index in [1.54, 1.807) is 0 Å². The minimum atomic E-state index is -0.294. The van der Waals surface area contributed by atoms with Crippen LogP contribution in [0.15, 0.2) is 35.3 Å². The van der Waals surface area contributed by atoms with Crippen molar-refractivity contribution >= 4 is 11.6 Å². The fourth-order valence-electron chi connectivity index (χ4n) is 2.55. The van der Waals surface area contributed by atoms with Crippen LogP contribution < -0.4 is 0 Å². The van der Waals surface area contributed by atoms with Gasteiger partial charge in [-0.25, -0.2) is 0 Å². The zero-order valence-electron chi connectivity index (χ0n) is 14.5. The summed E-state index contributed by atoms with van der Waals surface area (Å²) in [6.07, 6.45) is 13.9. The summed E-state index contributed by atoms with van der Waals surface area (Å²) >= 11 is 0. The molecule has 0 aromatic carbocycles. The molecule has 0 spiro atoms. The van der Waals surface area contributed by atoms with Gasteiger partial charge in [0.2, 0.25) is 11.6 Å². The van der Waals surface area contributed by atoms with E-state index in [1.165, 1.54) is 33.1 Å². The van der Waals surface area contributed by atoms with E-state index in [1.807, 2.05) is 0 Å². The molecule has 0 radical (unpaired) electrons. The Morgan fingerprint density at radius 1 is 0.957 bits per heavy atom. The number of carbonyl (C=O) groups excluding carboxylic acids is 2. The van der Waals surface area contributed by atoms with Crippen LogP contribution in [-0.2, 0) is 19.1 Å². The second-order valence-electron chi connectivity index (χ2n) is 5.63. The summed E-state index contributed by atoms with van der Waals surface area (Å²) in [7, 11) is 2.82. The lowest BCUT2D eigenvalue weighted by atomic mass is 9.94. The van der Waals surface area contributed by atoms with Crippen LogP contribution >= 0.6 is 0 Å². The lowest BCUT2D eigenvalue weighted by Crippen LogP contribution is -2.21. The Balaban J connectivity index is 2.41. The maximum absolute atomic E-state index is 12.2. The van der Waals surface area contributed by atoms with Crippen molar-refractivity contribution < 1.29 is 19.1 Å². The predicted molar refractivity (Wildman–Crippen MR) is 90.9 cm³/mol. The molecular weight excluding hydrogens is 292 g/mol. The summed E-state index contributed by atoms with van der Waals surface area (Å²) in [6, 6.07) is 0. The number of rotatable bonds is 11. The molecule has 1 rings (SSSR count). The molecule has 0 saturated heterocycles. The van der Waals surface area contributed by atoms with Gasteiger partial charge in [-0.2, -0.15) is 0 Å². The highest BCUT2D eigenvalue weighted by Gasteiger charge is 2.29. The highest BCUT2D eigenvalue weighted by molar-refractivity contribution is 6.21. The highest BCUT2D eigenvalue weighted by atomic mass is 16.5. The fraction of sp³-hybridized carbons (Fsp3) is 0.579. The number of Topliss-reactive ketones (excluding diaryl/α,β-unsaturated/α-hetero) is 1. The van der Waals surface area contributed by atoms with Crippen LogP contribution in [0.4, 0.5) is 0 Å². The second-order valence-corrected chi connectivity index (χ2v) is 5.63. The number of unbranched alkanes of at least 4 members (excludes halogenated alkanes) is 5. The summed E-state index contributed by atoms with van der Waals surface area (Å²) in [6.45, 7) is 2.19. The quantitative estimate of drug-likeness (QED) is 0.324. The molecule has 0 aliphatic heterocycles. The lowest BCUT2D eigenvalue weighted by molar-refractivity contribution is -0.120. The molecule has 4 heteroatoms. The lowest BCUT2D eigenvalue weighted by Gasteiger charge is -2.17. The van der Waals surface area contributed by atoms with Gasteiger partial charge in [0.05, 0.1) is 14.2 Å². The van der Waals surface area contributed by atoms with Gasteiger partial charge in [-0.15, -0.1) is 0 Å². The van der Waals surface area contributed by atoms with E-state index >= 15 is 0 Å². The van der Waals surface area contributed by atoms with Gasteiger partial charge in [-0.3, -0.25) is 9.59 Å². The van der Waals surface area contributed by atoms with Crippen LogP contribution in [0.3, 0.4) is 0 Å². The van der Waals surface area contributed by atoms with Gasteiger partial charge in [-0.05, 0) is 32.1 Å². The molecule has 0 atom stereocenters. The van der Waals surface area contributed by atoms with Crippen molar-refractivity contribution in [2.75, 3.05) is 14.2 Å². The molecule has 0 unspecified atom stereocenters. The zero-order chi connectivity index (χ0) is 17.1. The van der Waals surface area contributed by atoms with E-state index < -0.39 is 0 Å². The molecule has 4 nitrogen and oxygen atoms in total. The first-order valence-corrected chi connectivity index (χ1v) is 8.42. The van der Waals surface area contributed by atoms with Crippen LogP contribution in [0.2, 0.25) is 0 Å². The maximum Gasteiger partial charge on any atom is 0.227 e. The third-order valence-electron chi connectivity index (χ3n) is 3.87. The topological polar surface area (TPSA) is 52.6 Å². The molecule has 128 valence electrons. The molecule has 23 heavy (non-hydrogen) atoms. The number of ether oxygens (including phenoxy) is 2. The molecule has 1 aliphatic carbocycles. The van der Waals surface area contributed by atoms with Crippen molar-refractivity contribution in [2.24, 2.45) is 0 Å². The molecule has 0 fully saturated rings. The second kappa shape index (κ2) is 10.8. The third kappa shape index (κ3) is 6.05. The Morgan fingerprint density at radius 2 is 1.65 bits per heavy atom. The molecule has 0 N–H and O–H groups in total. The van der Waals surface area contributed by atoms with E-state index in [-0.39, 0.29) is 23.1 Å². The van der Waals surface area contributed by atoms with Crippen molar-refractivity contribution in [3.05, 3.63) is 35.3 Å². The standard InChI is InChI=1S/C19H28O4/c1-4-5-6-7-8-9-10-11-12-13-15-18(21)17(22-2)14-16(20)19(15)23-3/h7-8,14H,4-6,9-13H2,1-3H3/b8-7-. The Morgan fingerprint density at radius 3 is 2.26 bits per heavy atom. The van der Waals surface area contributed by atoms with Crippen molar-refractivity contribution in [3.8, 4) is 0 Å². The Bertz CT molecular complexity index is 497. The van der Waals surface area contributed by atoms with Gasteiger partial charge >= 0.3 is 0 Å². The van der Waals surface area contributed by atoms with Crippen LogP contribution in [0.1, 0.15) is 58.3 Å². The Hall–Kier alpha value is -1.84. The van der Waals surface area contributed by atoms with Crippen LogP contribution in [0.5, 0.6) is 0 Å². The van der Waals surface area contributed by atoms with E-state index in [4.69, 9.17) is 9.47 Å². The van der Waals surface area contributed by atoms with Crippen LogP contribution in [-0.4, -0.2) is 25.8 Å². The van der Waals surface area contributed by atoms with Crippen molar-refractivity contribution in [2.45, 2.75) is 58.3 Å².